The second-order valence-electron chi connectivity index (χ2n) is 8.50. The normalized spacial score (nSPS) is 15.0. The van der Waals surface area contributed by atoms with Gasteiger partial charge in [-0.05, 0) is 62.7 Å². The van der Waals surface area contributed by atoms with Crippen molar-refractivity contribution in [3.05, 3.63) is 65.2 Å². The Morgan fingerprint density at radius 1 is 0.935 bits per heavy atom. The average Bonchev–Trinajstić information content (AvgIpc) is 2.79. The summed E-state index contributed by atoms with van der Waals surface area (Å²) >= 11 is 0. The maximum absolute atomic E-state index is 12.9. The fourth-order valence-electron chi connectivity index (χ4n) is 4.05. The molecule has 0 spiro atoms. The number of benzene rings is 2. The largest absolute Gasteiger partial charge is 0.494 e. The molecule has 168 valence electrons. The van der Waals surface area contributed by atoms with Crippen molar-refractivity contribution in [2.24, 2.45) is 0 Å². The van der Waals surface area contributed by atoms with E-state index in [1.165, 1.54) is 11.1 Å². The van der Waals surface area contributed by atoms with Crippen LogP contribution in [0.5, 0.6) is 5.75 Å². The summed E-state index contributed by atoms with van der Waals surface area (Å²) in [6.07, 6.45) is 0. The molecule has 5 heteroatoms. The first-order valence-corrected chi connectivity index (χ1v) is 11.6. The van der Waals surface area contributed by atoms with Gasteiger partial charge in [0.25, 0.3) is 5.91 Å². The molecule has 1 aliphatic rings. The molecule has 1 saturated heterocycles. The Morgan fingerprint density at radius 2 is 1.55 bits per heavy atom. The van der Waals surface area contributed by atoms with Crippen LogP contribution in [0, 0.1) is 0 Å². The van der Waals surface area contributed by atoms with Gasteiger partial charge in [-0.15, -0.1) is 0 Å². The summed E-state index contributed by atoms with van der Waals surface area (Å²) in [4.78, 5) is 19.8. The van der Waals surface area contributed by atoms with Gasteiger partial charge >= 0.3 is 0 Å². The quantitative estimate of drug-likeness (QED) is 0.603. The van der Waals surface area contributed by atoms with Crippen molar-refractivity contribution < 1.29 is 9.53 Å². The minimum absolute atomic E-state index is 0.142. The maximum atomic E-state index is 12.9. The molecule has 0 unspecified atom stereocenters. The Balaban J connectivity index is 1.49. The summed E-state index contributed by atoms with van der Waals surface area (Å²) in [5.74, 6) is 1.06. The zero-order chi connectivity index (χ0) is 22.2. The summed E-state index contributed by atoms with van der Waals surface area (Å²) in [6, 6.07) is 17.0. The van der Waals surface area contributed by atoms with Gasteiger partial charge in [-0.2, -0.15) is 0 Å². The van der Waals surface area contributed by atoms with E-state index < -0.39 is 0 Å². The van der Waals surface area contributed by atoms with Gasteiger partial charge in [0.2, 0.25) is 0 Å². The Labute approximate surface area is 187 Å². The third-order valence-corrected chi connectivity index (χ3v) is 6.02. The Bertz CT molecular complexity index is 810. The zero-order valence-corrected chi connectivity index (χ0v) is 19.5. The molecule has 3 rings (SSSR count). The second kappa shape index (κ2) is 11.3. The molecule has 2 aromatic rings. The van der Waals surface area contributed by atoms with Gasteiger partial charge in [-0.25, -0.2) is 0 Å². The summed E-state index contributed by atoms with van der Waals surface area (Å²) < 4.78 is 5.52. The predicted molar refractivity (Wildman–Crippen MR) is 126 cm³/mol. The monoisotopic (exact) mass is 423 g/mol. The highest BCUT2D eigenvalue weighted by Gasteiger charge is 2.22. The fraction of sp³-hybridized carbons (Fsp3) is 0.500. The molecular formula is C26H37N3O2. The van der Waals surface area contributed by atoms with Gasteiger partial charge in [0.05, 0.1) is 6.61 Å². The SMILES string of the molecule is CCOc1ccc(CN2CCN(C(=O)c3ccc(CN(CC)C(C)C)cc3)CC2)cc1. The van der Waals surface area contributed by atoms with Crippen LogP contribution in [0.2, 0.25) is 0 Å². The van der Waals surface area contributed by atoms with Crippen LogP contribution in [0.3, 0.4) is 0 Å². The highest BCUT2D eigenvalue weighted by molar-refractivity contribution is 5.94. The minimum Gasteiger partial charge on any atom is -0.494 e. The minimum atomic E-state index is 0.142. The van der Waals surface area contributed by atoms with Crippen molar-refractivity contribution in [1.82, 2.24) is 14.7 Å². The van der Waals surface area contributed by atoms with Crippen LogP contribution in [-0.4, -0.2) is 66.0 Å². The summed E-state index contributed by atoms with van der Waals surface area (Å²) in [6.45, 7) is 15.5. The molecule has 0 bridgehead atoms. The van der Waals surface area contributed by atoms with E-state index in [2.05, 4.69) is 54.8 Å². The molecule has 0 aliphatic carbocycles. The van der Waals surface area contributed by atoms with Gasteiger partial charge in [0, 0.05) is 50.9 Å². The van der Waals surface area contributed by atoms with Gasteiger partial charge in [-0.3, -0.25) is 14.6 Å². The first-order valence-electron chi connectivity index (χ1n) is 11.6. The third kappa shape index (κ3) is 6.55. The van der Waals surface area contributed by atoms with Crippen molar-refractivity contribution in [3.8, 4) is 5.75 Å². The van der Waals surface area contributed by atoms with Crippen LogP contribution in [0.1, 0.15) is 49.2 Å². The van der Waals surface area contributed by atoms with E-state index in [9.17, 15) is 4.79 Å². The van der Waals surface area contributed by atoms with Gasteiger partial charge in [0.1, 0.15) is 5.75 Å². The number of ether oxygens (including phenoxy) is 1. The molecule has 1 fully saturated rings. The standard InChI is InChI=1S/C26H37N3O2/c1-5-28(21(3)4)20-23-7-11-24(12-8-23)26(30)29-17-15-27(16-18-29)19-22-9-13-25(14-10-22)31-6-2/h7-14,21H,5-6,15-20H2,1-4H3. The molecule has 0 N–H and O–H groups in total. The molecule has 0 aromatic heterocycles. The van der Waals surface area contributed by atoms with Gasteiger partial charge < -0.3 is 9.64 Å². The number of hydrogen-bond acceptors (Lipinski definition) is 4. The molecule has 0 saturated carbocycles. The first-order chi connectivity index (χ1) is 15.0. The number of carbonyl (C=O) groups is 1. The Morgan fingerprint density at radius 3 is 2.10 bits per heavy atom. The lowest BCUT2D eigenvalue weighted by atomic mass is 10.1. The zero-order valence-electron chi connectivity index (χ0n) is 19.5. The lowest BCUT2D eigenvalue weighted by molar-refractivity contribution is 0.0628. The second-order valence-corrected chi connectivity index (χ2v) is 8.50. The average molecular weight is 424 g/mol. The molecule has 1 amide bonds. The van der Waals surface area contributed by atoms with E-state index >= 15 is 0 Å². The van der Waals surface area contributed by atoms with Crippen LogP contribution < -0.4 is 4.74 Å². The third-order valence-electron chi connectivity index (χ3n) is 6.02. The first kappa shape index (κ1) is 23.3. The number of carbonyl (C=O) groups excluding carboxylic acids is 1. The van der Waals surface area contributed by atoms with Crippen molar-refractivity contribution >= 4 is 5.91 Å². The van der Waals surface area contributed by atoms with Crippen LogP contribution in [0.4, 0.5) is 0 Å². The highest BCUT2D eigenvalue weighted by Crippen LogP contribution is 2.16. The van der Waals surface area contributed by atoms with Crippen LogP contribution in [0.25, 0.3) is 0 Å². The number of nitrogens with zero attached hydrogens (tertiary/aromatic N) is 3. The van der Waals surface area contributed by atoms with E-state index in [-0.39, 0.29) is 5.91 Å². The molecular weight excluding hydrogens is 386 g/mol. The molecule has 5 nitrogen and oxygen atoms in total. The van der Waals surface area contributed by atoms with Crippen molar-refractivity contribution in [2.45, 2.75) is 46.8 Å². The highest BCUT2D eigenvalue weighted by atomic mass is 16.5. The summed E-state index contributed by atoms with van der Waals surface area (Å²) in [5, 5.41) is 0. The number of hydrogen-bond donors (Lipinski definition) is 0. The number of amides is 1. The molecule has 31 heavy (non-hydrogen) atoms. The molecule has 1 aliphatic heterocycles. The number of piperazine rings is 1. The fourth-order valence-corrected chi connectivity index (χ4v) is 4.05. The van der Waals surface area contributed by atoms with Crippen LogP contribution >= 0.6 is 0 Å². The van der Waals surface area contributed by atoms with E-state index in [1.807, 2.05) is 36.1 Å². The van der Waals surface area contributed by atoms with Crippen LogP contribution in [-0.2, 0) is 13.1 Å². The molecule has 0 atom stereocenters. The molecule has 0 radical (unpaired) electrons. The number of rotatable bonds is 9. The molecule has 1 heterocycles. The van der Waals surface area contributed by atoms with E-state index in [0.29, 0.717) is 12.6 Å². The Hall–Kier alpha value is -2.37. The summed E-state index contributed by atoms with van der Waals surface area (Å²) in [5.41, 5.74) is 3.32. The van der Waals surface area contributed by atoms with Gasteiger partial charge in [-0.1, -0.05) is 31.2 Å². The summed E-state index contributed by atoms with van der Waals surface area (Å²) in [7, 11) is 0. The molecule has 2 aromatic carbocycles. The van der Waals surface area contributed by atoms with Crippen molar-refractivity contribution in [3.63, 3.8) is 0 Å². The lowest BCUT2D eigenvalue weighted by Gasteiger charge is -2.35. The van der Waals surface area contributed by atoms with Gasteiger partial charge in [0.15, 0.2) is 0 Å². The van der Waals surface area contributed by atoms with Crippen LogP contribution in [0.15, 0.2) is 48.5 Å². The van der Waals surface area contributed by atoms with Crippen molar-refractivity contribution in [2.75, 3.05) is 39.3 Å². The maximum Gasteiger partial charge on any atom is 0.253 e. The van der Waals surface area contributed by atoms with E-state index in [4.69, 9.17) is 4.74 Å². The predicted octanol–water partition coefficient (Wildman–Crippen LogP) is 4.27. The van der Waals surface area contributed by atoms with Crippen molar-refractivity contribution in [1.29, 1.82) is 0 Å². The van der Waals surface area contributed by atoms with E-state index in [1.54, 1.807) is 0 Å². The lowest BCUT2D eigenvalue weighted by Crippen LogP contribution is -2.48. The van der Waals surface area contributed by atoms with E-state index in [0.717, 1.165) is 57.1 Å². The Kier molecular flexibility index (Phi) is 8.50. The smallest absolute Gasteiger partial charge is 0.253 e. The topological polar surface area (TPSA) is 36.0 Å².